The van der Waals surface area contributed by atoms with Crippen molar-refractivity contribution in [1.29, 1.82) is 0 Å². The number of para-hydroxylation sites is 1. The van der Waals surface area contributed by atoms with E-state index in [1.54, 1.807) is 0 Å². The molecule has 0 bridgehead atoms. The van der Waals surface area contributed by atoms with E-state index < -0.39 is 0 Å². The number of hydrogen-bond donors (Lipinski definition) is 1. The summed E-state index contributed by atoms with van der Waals surface area (Å²) < 4.78 is 0. The van der Waals surface area contributed by atoms with Crippen LogP contribution in [0.25, 0.3) is 0 Å². The molecule has 3 heteroatoms. The Morgan fingerprint density at radius 2 is 1.80 bits per heavy atom. The zero-order valence-corrected chi connectivity index (χ0v) is 9.00. The molecule has 1 N–H and O–H groups in total. The van der Waals surface area contributed by atoms with Gasteiger partial charge in [0.05, 0.1) is 0 Å². The SMILES string of the molecule is O=CNc1ccccc1.[K+]. The van der Waals surface area contributed by atoms with Crippen molar-refractivity contribution in [2.75, 3.05) is 5.32 Å². The zero-order valence-electron chi connectivity index (χ0n) is 5.87. The van der Waals surface area contributed by atoms with Gasteiger partial charge < -0.3 is 5.32 Å². The van der Waals surface area contributed by atoms with Crippen LogP contribution >= 0.6 is 0 Å². The summed E-state index contributed by atoms with van der Waals surface area (Å²) in [5, 5.41) is 2.53. The average molecular weight is 160 g/mol. The Bertz CT molecular complexity index is 188. The van der Waals surface area contributed by atoms with Crippen LogP contribution in [0.1, 0.15) is 0 Å². The Kier molecular flexibility index (Phi) is 6.26. The van der Waals surface area contributed by atoms with Gasteiger partial charge in [-0.05, 0) is 12.1 Å². The molecule has 2 nitrogen and oxygen atoms in total. The summed E-state index contributed by atoms with van der Waals surface area (Å²) >= 11 is 0. The minimum Gasteiger partial charge on any atom is -0.329 e. The summed E-state index contributed by atoms with van der Waals surface area (Å²) in [4.78, 5) is 9.86. The van der Waals surface area contributed by atoms with Crippen molar-refractivity contribution in [2.24, 2.45) is 0 Å². The van der Waals surface area contributed by atoms with Crippen molar-refractivity contribution < 1.29 is 56.2 Å². The normalized spacial score (nSPS) is 7.60. The van der Waals surface area contributed by atoms with Crippen LogP contribution in [0.2, 0.25) is 0 Å². The van der Waals surface area contributed by atoms with Gasteiger partial charge in [0.2, 0.25) is 6.41 Å². The number of amides is 1. The molecule has 0 unspecified atom stereocenters. The molecule has 0 radical (unpaired) electrons. The van der Waals surface area contributed by atoms with Gasteiger partial charge in [-0.3, -0.25) is 4.79 Å². The molecule has 0 aliphatic carbocycles. The van der Waals surface area contributed by atoms with Crippen molar-refractivity contribution in [3.05, 3.63) is 30.3 Å². The fourth-order valence-electron chi connectivity index (χ4n) is 0.602. The number of nitrogens with one attached hydrogen (secondary N) is 1. The topological polar surface area (TPSA) is 29.1 Å². The number of anilines is 1. The minimum atomic E-state index is 0. The van der Waals surface area contributed by atoms with Gasteiger partial charge in [-0.25, -0.2) is 0 Å². The quantitative estimate of drug-likeness (QED) is 0.404. The van der Waals surface area contributed by atoms with Crippen LogP contribution in [0.3, 0.4) is 0 Å². The largest absolute Gasteiger partial charge is 1.00 e. The molecule has 0 spiro atoms. The molecule has 1 aromatic rings. The first kappa shape index (κ1) is 10.3. The molecule has 0 fully saturated rings. The van der Waals surface area contributed by atoms with E-state index in [0.717, 1.165) is 5.69 Å². The van der Waals surface area contributed by atoms with Crippen LogP contribution in [0, 0.1) is 0 Å². The van der Waals surface area contributed by atoms with Crippen LogP contribution in [0.4, 0.5) is 5.69 Å². The first-order valence-corrected chi connectivity index (χ1v) is 2.69. The monoisotopic (exact) mass is 160 g/mol. The molecule has 0 heterocycles. The van der Waals surface area contributed by atoms with E-state index in [-0.39, 0.29) is 51.4 Å². The number of carbonyl (C=O) groups excluding carboxylic acids is 1. The maximum absolute atomic E-state index is 9.86. The average Bonchev–Trinajstić information content (AvgIpc) is 1.91. The van der Waals surface area contributed by atoms with Gasteiger partial charge in [0, 0.05) is 5.69 Å². The van der Waals surface area contributed by atoms with Crippen molar-refractivity contribution >= 4 is 12.1 Å². The third-order valence-corrected chi connectivity index (χ3v) is 0.999. The molecule has 0 aliphatic rings. The van der Waals surface area contributed by atoms with Gasteiger partial charge in [0.15, 0.2) is 0 Å². The van der Waals surface area contributed by atoms with E-state index in [2.05, 4.69) is 5.32 Å². The van der Waals surface area contributed by atoms with Gasteiger partial charge in [0.1, 0.15) is 0 Å². The predicted octanol–water partition coefficient (Wildman–Crippen LogP) is -1.74. The fourth-order valence-corrected chi connectivity index (χ4v) is 0.602. The van der Waals surface area contributed by atoms with E-state index in [1.807, 2.05) is 30.3 Å². The maximum atomic E-state index is 9.86. The predicted molar refractivity (Wildman–Crippen MR) is 36.1 cm³/mol. The summed E-state index contributed by atoms with van der Waals surface area (Å²) in [6, 6.07) is 9.29. The molecule has 0 aliphatic heterocycles. The Morgan fingerprint density at radius 3 is 2.30 bits per heavy atom. The molecule has 0 atom stereocenters. The smallest absolute Gasteiger partial charge is 0.329 e. The van der Waals surface area contributed by atoms with Crippen LogP contribution < -0.4 is 56.7 Å². The summed E-state index contributed by atoms with van der Waals surface area (Å²) in [5.74, 6) is 0. The second-order valence-corrected chi connectivity index (χ2v) is 1.63. The number of carbonyl (C=O) groups is 1. The Labute approximate surface area is 102 Å². The van der Waals surface area contributed by atoms with Gasteiger partial charge in [-0.1, -0.05) is 18.2 Å². The molecule has 1 amide bonds. The van der Waals surface area contributed by atoms with E-state index in [9.17, 15) is 4.79 Å². The summed E-state index contributed by atoms with van der Waals surface area (Å²) in [6.45, 7) is 0. The first-order valence-electron chi connectivity index (χ1n) is 2.69. The van der Waals surface area contributed by atoms with Gasteiger partial charge >= 0.3 is 51.4 Å². The molecule has 46 valence electrons. The molecular formula is C7H7KNO+. The third-order valence-electron chi connectivity index (χ3n) is 0.999. The molecule has 0 saturated carbocycles. The Hall–Kier alpha value is 0.326. The molecule has 0 aromatic heterocycles. The van der Waals surface area contributed by atoms with Crippen molar-refractivity contribution in [3.63, 3.8) is 0 Å². The second kappa shape index (κ2) is 6.06. The van der Waals surface area contributed by atoms with Gasteiger partial charge in [-0.15, -0.1) is 0 Å². The standard InChI is InChI=1S/C7H7NO.K/c9-6-8-7-4-2-1-3-5-7;/h1-6H,(H,8,9);/q;+1. The Morgan fingerprint density at radius 1 is 1.20 bits per heavy atom. The van der Waals surface area contributed by atoms with E-state index in [1.165, 1.54) is 0 Å². The first-order chi connectivity index (χ1) is 4.43. The summed E-state index contributed by atoms with van der Waals surface area (Å²) in [5.41, 5.74) is 0.826. The minimum absolute atomic E-state index is 0. The number of benzene rings is 1. The molecule has 1 rings (SSSR count). The fraction of sp³-hybridized carbons (Fsp3) is 0. The molecule has 10 heavy (non-hydrogen) atoms. The van der Waals surface area contributed by atoms with E-state index in [4.69, 9.17) is 0 Å². The van der Waals surface area contributed by atoms with Crippen LogP contribution in [-0.2, 0) is 4.79 Å². The van der Waals surface area contributed by atoms with E-state index in [0.29, 0.717) is 6.41 Å². The van der Waals surface area contributed by atoms with Crippen molar-refractivity contribution in [3.8, 4) is 0 Å². The van der Waals surface area contributed by atoms with Gasteiger partial charge in [-0.2, -0.15) is 0 Å². The number of hydrogen-bond acceptors (Lipinski definition) is 1. The van der Waals surface area contributed by atoms with Crippen LogP contribution in [0.15, 0.2) is 30.3 Å². The number of rotatable bonds is 2. The Balaban J connectivity index is 0.000000810. The molecular weight excluding hydrogens is 153 g/mol. The third kappa shape index (κ3) is 3.48. The molecule has 0 saturated heterocycles. The molecule has 1 aromatic carbocycles. The van der Waals surface area contributed by atoms with Crippen molar-refractivity contribution in [1.82, 2.24) is 0 Å². The summed E-state index contributed by atoms with van der Waals surface area (Å²) in [7, 11) is 0. The van der Waals surface area contributed by atoms with Gasteiger partial charge in [0.25, 0.3) is 0 Å². The van der Waals surface area contributed by atoms with Crippen LogP contribution in [-0.4, -0.2) is 6.41 Å². The zero-order chi connectivity index (χ0) is 6.53. The van der Waals surface area contributed by atoms with Crippen molar-refractivity contribution in [2.45, 2.75) is 0 Å². The maximum Gasteiger partial charge on any atom is 1.00 e. The second-order valence-electron chi connectivity index (χ2n) is 1.63. The summed E-state index contributed by atoms with van der Waals surface area (Å²) in [6.07, 6.45) is 0.662. The van der Waals surface area contributed by atoms with E-state index >= 15 is 0 Å². The van der Waals surface area contributed by atoms with Crippen LogP contribution in [0.5, 0.6) is 0 Å².